The number of benzene rings is 2. The van der Waals surface area contributed by atoms with Crippen LogP contribution in [0.4, 0.5) is 0 Å². The number of carboxylic acid groups (broad SMARTS) is 1. The van der Waals surface area contributed by atoms with Crippen molar-refractivity contribution in [3.05, 3.63) is 48.0 Å². The highest BCUT2D eigenvalue weighted by atomic mass is 16.4. The predicted molar refractivity (Wildman–Crippen MR) is 98.3 cm³/mol. The number of carbonyl (C=O) groups excluding carboxylic acids is 2. The van der Waals surface area contributed by atoms with Crippen molar-refractivity contribution in [1.82, 2.24) is 10.2 Å². The van der Waals surface area contributed by atoms with Crippen molar-refractivity contribution in [2.45, 2.75) is 25.4 Å². The highest BCUT2D eigenvalue weighted by Gasteiger charge is 2.26. The lowest BCUT2D eigenvalue weighted by Crippen LogP contribution is -2.46. The van der Waals surface area contributed by atoms with E-state index in [4.69, 9.17) is 5.73 Å². The summed E-state index contributed by atoms with van der Waals surface area (Å²) in [5, 5.41) is 14.5. The number of amides is 2. The second-order valence-electron chi connectivity index (χ2n) is 6.11. The monoisotopic (exact) mass is 357 g/mol. The first-order chi connectivity index (χ1) is 12.4. The van der Waals surface area contributed by atoms with E-state index in [1.54, 1.807) is 0 Å². The van der Waals surface area contributed by atoms with Crippen LogP contribution in [0.15, 0.2) is 42.5 Å². The van der Waals surface area contributed by atoms with Gasteiger partial charge in [0, 0.05) is 20.0 Å². The largest absolute Gasteiger partial charge is 0.480 e. The molecule has 2 aromatic carbocycles. The molecule has 0 aliphatic rings. The number of nitrogens with zero attached hydrogens (tertiary/aromatic N) is 1. The molecule has 2 amide bonds. The molecular weight excluding hydrogens is 334 g/mol. The maximum atomic E-state index is 12.3. The Morgan fingerprint density at radius 2 is 1.85 bits per heavy atom. The van der Waals surface area contributed by atoms with Gasteiger partial charge in [0.1, 0.15) is 6.04 Å². The molecule has 0 aliphatic carbocycles. The van der Waals surface area contributed by atoms with Crippen LogP contribution >= 0.6 is 0 Å². The fourth-order valence-corrected chi connectivity index (χ4v) is 2.81. The summed E-state index contributed by atoms with van der Waals surface area (Å²) in [5.41, 5.74) is 6.12. The summed E-state index contributed by atoms with van der Waals surface area (Å²) in [6, 6.07) is 12.9. The molecule has 0 radical (unpaired) electrons. The summed E-state index contributed by atoms with van der Waals surface area (Å²) >= 11 is 0. The van der Waals surface area contributed by atoms with Crippen LogP contribution in [-0.4, -0.2) is 47.4 Å². The minimum Gasteiger partial charge on any atom is -0.480 e. The fraction of sp³-hybridized carbons (Fsp3) is 0.316. The number of primary amides is 1. The average molecular weight is 357 g/mol. The van der Waals surface area contributed by atoms with Gasteiger partial charge < -0.3 is 21.1 Å². The molecule has 4 N–H and O–H groups in total. The zero-order valence-corrected chi connectivity index (χ0v) is 14.6. The molecule has 0 bridgehead atoms. The molecule has 2 rings (SSSR count). The van der Waals surface area contributed by atoms with Gasteiger partial charge in [0.2, 0.25) is 11.8 Å². The Balaban J connectivity index is 1.94. The third-order valence-corrected chi connectivity index (χ3v) is 4.28. The van der Waals surface area contributed by atoms with Gasteiger partial charge in [-0.2, -0.15) is 0 Å². The zero-order valence-electron chi connectivity index (χ0n) is 14.6. The van der Waals surface area contributed by atoms with E-state index >= 15 is 0 Å². The first kappa shape index (κ1) is 19.4. The summed E-state index contributed by atoms with van der Waals surface area (Å²) in [6.45, 7) is 0.486. The minimum atomic E-state index is -1.16. The smallest absolute Gasteiger partial charge is 0.326 e. The maximum absolute atomic E-state index is 12.3. The van der Waals surface area contributed by atoms with Crippen LogP contribution in [0.25, 0.3) is 10.8 Å². The molecule has 0 fully saturated rings. The number of aliphatic carboxylic acids is 1. The summed E-state index contributed by atoms with van der Waals surface area (Å²) in [4.78, 5) is 35.6. The van der Waals surface area contributed by atoms with Gasteiger partial charge in [-0.15, -0.1) is 0 Å². The third kappa shape index (κ3) is 5.03. The first-order valence-electron chi connectivity index (χ1n) is 8.34. The Hall–Kier alpha value is -2.93. The maximum Gasteiger partial charge on any atom is 0.326 e. The molecule has 0 saturated heterocycles. The summed E-state index contributed by atoms with van der Waals surface area (Å²) in [5.74, 6) is -2.11. The molecule has 0 saturated carbocycles. The quantitative estimate of drug-likeness (QED) is 0.622. The second-order valence-corrected chi connectivity index (χ2v) is 6.11. The van der Waals surface area contributed by atoms with E-state index in [1.165, 1.54) is 7.05 Å². The summed E-state index contributed by atoms with van der Waals surface area (Å²) in [7, 11) is 1.42. The third-order valence-electron chi connectivity index (χ3n) is 4.28. The van der Waals surface area contributed by atoms with Crippen LogP contribution in [0.3, 0.4) is 0 Å². The Morgan fingerprint density at radius 3 is 2.54 bits per heavy atom. The summed E-state index contributed by atoms with van der Waals surface area (Å²) < 4.78 is 0. The number of hydrogen-bond donors (Lipinski definition) is 3. The van der Waals surface area contributed by atoms with Crippen LogP contribution in [0.1, 0.15) is 18.4 Å². The van der Waals surface area contributed by atoms with Crippen molar-refractivity contribution in [3.8, 4) is 0 Å². The van der Waals surface area contributed by atoms with Crippen LogP contribution in [0.5, 0.6) is 0 Å². The van der Waals surface area contributed by atoms with Crippen molar-refractivity contribution in [3.63, 3.8) is 0 Å². The van der Waals surface area contributed by atoms with E-state index in [0.717, 1.165) is 21.2 Å². The molecule has 0 aromatic heterocycles. The van der Waals surface area contributed by atoms with Gasteiger partial charge in [-0.3, -0.25) is 9.59 Å². The van der Waals surface area contributed by atoms with Crippen LogP contribution < -0.4 is 11.1 Å². The fourth-order valence-electron chi connectivity index (χ4n) is 2.81. The molecule has 0 aliphatic heterocycles. The molecule has 1 atom stereocenters. The van der Waals surface area contributed by atoms with E-state index in [0.29, 0.717) is 6.54 Å². The van der Waals surface area contributed by atoms with E-state index in [-0.39, 0.29) is 25.3 Å². The molecule has 26 heavy (non-hydrogen) atoms. The van der Waals surface area contributed by atoms with Crippen molar-refractivity contribution in [2.24, 2.45) is 5.73 Å². The highest BCUT2D eigenvalue weighted by Crippen LogP contribution is 2.18. The van der Waals surface area contributed by atoms with Gasteiger partial charge in [-0.25, -0.2) is 4.79 Å². The minimum absolute atomic E-state index is 0.0000720. The van der Waals surface area contributed by atoms with E-state index in [9.17, 15) is 19.5 Å². The number of carbonyl (C=O) groups is 3. The van der Waals surface area contributed by atoms with Gasteiger partial charge in [0.15, 0.2) is 0 Å². The average Bonchev–Trinajstić information content (AvgIpc) is 2.61. The van der Waals surface area contributed by atoms with Gasteiger partial charge in [0.05, 0.1) is 6.54 Å². The normalized spacial score (nSPS) is 11.9. The van der Waals surface area contributed by atoms with Gasteiger partial charge in [0.25, 0.3) is 0 Å². The standard InChI is InChI=1S/C19H23N3O4/c1-22(16(19(25)26)9-10-17(20)23)18(24)12-21-11-14-7-4-6-13-5-2-3-8-15(13)14/h2-8,16,21H,9-12H2,1H3,(H2,20,23)(H,25,26). The Kier molecular flexibility index (Phi) is 6.68. The number of carboxylic acids is 1. The number of fused-ring (bicyclic) bond motifs is 1. The second kappa shape index (κ2) is 8.96. The number of likely N-dealkylation sites (N-methyl/N-ethyl adjacent to an activating group) is 1. The molecule has 0 spiro atoms. The SMILES string of the molecule is CN(C(=O)CNCc1cccc2ccccc12)C(CCC(N)=O)C(=O)O. The lowest BCUT2D eigenvalue weighted by molar-refractivity contribution is -0.149. The van der Waals surface area contributed by atoms with Crippen LogP contribution in [0, 0.1) is 0 Å². The lowest BCUT2D eigenvalue weighted by atomic mass is 10.0. The summed E-state index contributed by atoms with van der Waals surface area (Å²) in [6.07, 6.45) is -0.0890. The van der Waals surface area contributed by atoms with E-state index in [1.807, 2.05) is 42.5 Å². The Labute approximate surface area is 151 Å². The van der Waals surface area contributed by atoms with Crippen molar-refractivity contribution in [2.75, 3.05) is 13.6 Å². The first-order valence-corrected chi connectivity index (χ1v) is 8.34. The van der Waals surface area contributed by atoms with E-state index in [2.05, 4.69) is 5.32 Å². The number of nitrogens with two attached hydrogens (primary N) is 1. The van der Waals surface area contributed by atoms with Gasteiger partial charge >= 0.3 is 5.97 Å². The van der Waals surface area contributed by atoms with Crippen molar-refractivity contribution >= 4 is 28.6 Å². The highest BCUT2D eigenvalue weighted by molar-refractivity contribution is 5.86. The van der Waals surface area contributed by atoms with Gasteiger partial charge in [-0.1, -0.05) is 42.5 Å². The number of hydrogen-bond acceptors (Lipinski definition) is 4. The molecule has 1 unspecified atom stereocenters. The lowest BCUT2D eigenvalue weighted by Gasteiger charge is -2.24. The number of nitrogens with one attached hydrogen (secondary N) is 1. The molecule has 7 nitrogen and oxygen atoms in total. The van der Waals surface area contributed by atoms with Crippen molar-refractivity contribution < 1.29 is 19.5 Å². The van der Waals surface area contributed by atoms with Crippen LogP contribution in [-0.2, 0) is 20.9 Å². The van der Waals surface area contributed by atoms with Crippen molar-refractivity contribution in [1.29, 1.82) is 0 Å². The predicted octanol–water partition coefficient (Wildman–Crippen LogP) is 1.11. The Morgan fingerprint density at radius 1 is 1.15 bits per heavy atom. The molecule has 138 valence electrons. The topological polar surface area (TPSA) is 113 Å². The Bertz CT molecular complexity index is 801. The molecule has 7 heteroatoms. The molecular formula is C19H23N3O4. The zero-order chi connectivity index (χ0) is 19.1. The van der Waals surface area contributed by atoms with Crippen LogP contribution in [0.2, 0.25) is 0 Å². The van der Waals surface area contributed by atoms with Gasteiger partial charge in [-0.05, 0) is 22.8 Å². The molecule has 2 aromatic rings. The number of rotatable bonds is 9. The molecule has 0 heterocycles. The van der Waals surface area contributed by atoms with E-state index < -0.39 is 17.9 Å².